The molecule has 2 heteroatoms. The van der Waals surface area contributed by atoms with Crippen LogP contribution in [-0.4, -0.2) is 23.8 Å². The highest BCUT2D eigenvalue weighted by molar-refractivity contribution is 5.22. The molecule has 0 saturated carbocycles. The first-order chi connectivity index (χ1) is 4.09. The summed E-state index contributed by atoms with van der Waals surface area (Å²) in [6.45, 7) is 11.9. The van der Waals surface area contributed by atoms with Crippen LogP contribution in [0, 0.1) is 0 Å². The van der Waals surface area contributed by atoms with Crippen LogP contribution in [0.3, 0.4) is 0 Å². The number of hydrogen-bond acceptors (Lipinski definition) is 2. The van der Waals surface area contributed by atoms with Crippen molar-refractivity contribution < 1.29 is 0 Å². The third-order valence-corrected chi connectivity index (χ3v) is 1.22. The van der Waals surface area contributed by atoms with Crippen molar-refractivity contribution in [3.8, 4) is 0 Å². The Kier molecular flexibility index (Phi) is 3.28. The van der Waals surface area contributed by atoms with E-state index < -0.39 is 0 Å². The van der Waals surface area contributed by atoms with E-state index in [1.807, 2.05) is 5.01 Å². The third-order valence-electron chi connectivity index (χ3n) is 1.22. The predicted molar refractivity (Wildman–Crippen MR) is 41.7 cm³/mol. The second-order valence-electron chi connectivity index (χ2n) is 2.71. The minimum atomic E-state index is 0.461. The molecule has 0 bridgehead atoms. The third kappa shape index (κ3) is 2.49. The van der Waals surface area contributed by atoms with Gasteiger partial charge in [0.15, 0.2) is 0 Å². The highest BCUT2D eigenvalue weighted by Gasteiger charge is 2.07. The quantitative estimate of drug-likeness (QED) is 0.417. The van der Waals surface area contributed by atoms with Gasteiger partial charge >= 0.3 is 0 Å². The van der Waals surface area contributed by atoms with E-state index in [0.717, 1.165) is 0 Å². The van der Waals surface area contributed by atoms with E-state index in [9.17, 15) is 0 Å². The number of hydrazone groups is 1. The fourth-order valence-electron chi connectivity index (χ4n) is 0.923. The van der Waals surface area contributed by atoms with Gasteiger partial charge in [-0.05, 0) is 27.7 Å². The van der Waals surface area contributed by atoms with E-state index in [0.29, 0.717) is 12.1 Å². The number of nitrogens with zero attached hydrogens (tertiary/aromatic N) is 2. The van der Waals surface area contributed by atoms with Gasteiger partial charge in [0.05, 0.1) is 0 Å². The molecule has 0 unspecified atom stereocenters. The second kappa shape index (κ2) is 3.49. The van der Waals surface area contributed by atoms with Crippen molar-refractivity contribution in [3.63, 3.8) is 0 Å². The summed E-state index contributed by atoms with van der Waals surface area (Å²) in [5.74, 6) is 0. The van der Waals surface area contributed by atoms with Gasteiger partial charge in [0.2, 0.25) is 0 Å². The molecule has 0 saturated heterocycles. The molecule has 0 aromatic heterocycles. The molecule has 0 heterocycles. The van der Waals surface area contributed by atoms with Crippen LogP contribution >= 0.6 is 0 Å². The molecule has 0 N–H and O–H groups in total. The fourth-order valence-corrected chi connectivity index (χ4v) is 0.923. The average Bonchev–Trinajstić information content (AvgIpc) is 1.64. The maximum absolute atomic E-state index is 3.87. The lowest BCUT2D eigenvalue weighted by Crippen LogP contribution is -2.31. The first-order valence-electron chi connectivity index (χ1n) is 3.34. The zero-order valence-electron chi connectivity index (χ0n) is 6.76. The van der Waals surface area contributed by atoms with Crippen molar-refractivity contribution in [2.24, 2.45) is 5.10 Å². The SMILES string of the molecule is C=NN(C(C)C)C(C)C. The molecular formula is C7H16N2. The maximum Gasteiger partial charge on any atom is 0.0417 e. The van der Waals surface area contributed by atoms with Gasteiger partial charge < -0.3 is 0 Å². The molecule has 0 radical (unpaired) electrons. The van der Waals surface area contributed by atoms with Gasteiger partial charge in [-0.15, -0.1) is 0 Å². The van der Waals surface area contributed by atoms with Crippen LogP contribution < -0.4 is 0 Å². The summed E-state index contributed by atoms with van der Waals surface area (Å²) in [5.41, 5.74) is 0. The maximum atomic E-state index is 3.87. The van der Waals surface area contributed by atoms with Crippen LogP contribution in [0.15, 0.2) is 5.10 Å². The van der Waals surface area contributed by atoms with Crippen molar-refractivity contribution in [3.05, 3.63) is 0 Å². The molecule has 0 amide bonds. The zero-order valence-corrected chi connectivity index (χ0v) is 6.76. The summed E-state index contributed by atoms with van der Waals surface area (Å²) < 4.78 is 0. The Morgan fingerprint density at radius 3 is 1.44 bits per heavy atom. The van der Waals surface area contributed by atoms with Gasteiger partial charge in [0.1, 0.15) is 0 Å². The van der Waals surface area contributed by atoms with Crippen LogP contribution in [0.2, 0.25) is 0 Å². The molecule has 0 aliphatic carbocycles. The Bertz CT molecular complexity index is 78.9. The number of rotatable bonds is 3. The van der Waals surface area contributed by atoms with Crippen molar-refractivity contribution in [2.75, 3.05) is 0 Å². The van der Waals surface area contributed by atoms with Crippen LogP contribution in [-0.2, 0) is 0 Å². The molecule has 0 aromatic rings. The average molecular weight is 128 g/mol. The van der Waals surface area contributed by atoms with Gasteiger partial charge in [-0.3, -0.25) is 5.01 Å². The van der Waals surface area contributed by atoms with Gasteiger partial charge in [-0.2, -0.15) is 5.10 Å². The second-order valence-corrected chi connectivity index (χ2v) is 2.71. The number of hydrogen-bond donors (Lipinski definition) is 0. The Morgan fingerprint density at radius 1 is 1.11 bits per heavy atom. The highest BCUT2D eigenvalue weighted by atomic mass is 15.5. The molecule has 0 spiro atoms. The largest absolute Gasteiger partial charge is 0.293 e. The predicted octanol–water partition coefficient (Wildman–Crippen LogP) is 1.72. The van der Waals surface area contributed by atoms with Gasteiger partial charge in [0.25, 0.3) is 0 Å². The summed E-state index contributed by atoms with van der Waals surface area (Å²) in [6.07, 6.45) is 0. The van der Waals surface area contributed by atoms with Crippen LogP contribution in [0.4, 0.5) is 0 Å². The summed E-state index contributed by atoms with van der Waals surface area (Å²) in [7, 11) is 0. The minimum Gasteiger partial charge on any atom is -0.293 e. The topological polar surface area (TPSA) is 15.6 Å². The Hall–Kier alpha value is -0.530. The molecule has 0 rings (SSSR count). The van der Waals surface area contributed by atoms with Crippen molar-refractivity contribution in [2.45, 2.75) is 39.8 Å². The van der Waals surface area contributed by atoms with E-state index in [1.165, 1.54) is 0 Å². The zero-order chi connectivity index (χ0) is 7.44. The molecule has 0 atom stereocenters. The summed E-state index contributed by atoms with van der Waals surface area (Å²) in [5, 5.41) is 5.84. The molecule has 0 aromatic carbocycles. The van der Waals surface area contributed by atoms with E-state index in [2.05, 4.69) is 39.5 Å². The van der Waals surface area contributed by atoms with E-state index in [1.54, 1.807) is 0 Å². The van der Waals surface area contributed by atoms with Crippen LogP contribution in [0.25, 0.3) is 0 Å². The summed E-state index contributed by atoms with van der Waals surface area (Å²) in [6, 6.07) is 0.921. The van der Waals surface area contributed by atoms with Crippen molar-refractivity contribution in [1.82, 2.24) is 5.01 Å². The highest BCUT2D eigenvalue weighted by Crippen LogP contribution is 2.03. The van der Waals surface area contributed by atoms with Crippen LogP contribution in [0.5, 0.6) is 0 Å². The van der Waals surface area contributed by atoms with Crippen LogP contribution in [0.1, 0.15) is 27.7 Å². The molecule has 0 aliphatic rings. The Labute approximate surface area is 57.6 Å². The van der Waals surface area contributed by atoms with Gasteiger partial charge in [-0.25, -0.2) is 0 Å². The lowest BCUT2D eigenvalue weighted by atomic mass is 10.3. The molecular weight excluding hydrogens is 112 g/mol. The molecule has 9 heavy (non-hydrogen) atoms. The molecule has 0 fully saturated rings. The molecule has 54 valence electrons. The molecule has 0 aliphatic heterocycles. The normalized spacial score (nSPS) is 10.4. The first-order valence-corrected chi connectivity index (χ1v) is 3.34. The van der Waals surface area contributed by atoms with Gasteiger partial charge in [-0.1, -0.05) is 0 Å². The summed E-state index contributed by atoms with van der Waals surface area (Å²) in [4.78, 5) is 0. The first kappa shape index (κ1) is 8.47. The minimum absolute atomic E-state index is 0.461. The lowest BCUT2D eigenvalue weighted by molar-refractivity contribution is 0.185. The monoisotopic (exact) mass is 128 g/mol. The summed E-state index contributed by atoms with van der Waals surface area (Å²) >= 11 is 0. The van der Waals surface area contributed by atoms with Crippen molar-refractivity contribution >= 4 is 6.72 Å². The van der Waals surface area contributed by atoms with E-state index in [-0.39, 0.29) is 0 Å². The van der Waals surface area contributed by atoms with E-state index >= 15 is 0 Å². The Balaban J connectivity index is 3.82. The smallest absolute Gasteiger partial charge is 0.0417 e. The van der Waals surface area contributed by atoms with Crippen molar-refractivity contribution in [1.29, 1.82) is 0 Å². The Morgan fingerprint density at radius 2 is 1.44 bits per heavy atom. The fraction of sp³-hybridized carbons (Fsp3) is 0.857. The lowest BCUT2D eigenvalue weighted by Gasteiger charge is -2.26. The molecule has 2 nitrogen and oxygen atoms in total. The van der Waals surface area contributed by atoms with E-state index in [4.69, 9.17) is 0 Å². The van der Waals surface area contributed by atoms with Gasteiger partial charge in [0, 0.05) is 18.8 Å². The standard InChI is InChI=1S/C7H16N2/c1-6(2)9(8-5)7(3)4/h6-7H,5H2,1-4H3.